The zero-order valence-electron chi connectivity index (χ0n) is 10.3. The molecule has 2 nitrogen and oxygen atoms in total. The molecule has 2 rings (SSSR count). The maximum absolute atomic E-state index is 9.48. The second kappa shape index (κ2) is 4.10. The lowest BCUT2D eigenvalue weighted by Gasteiger charge is -2.30. The molecule has 1 aromatic carbocycles. The number of aliphatic hydroxyl groups is 1. The first kappa shape index (κ1) is 11.5. The molecule has 0 aliphatic heterocycles. The molecule has 1 atom stereocenters. The number of benzene rings is 1. The number of hydrogen-bond acceptors (Lipinski definition) is 2. The number of fused-ring (bicyclic) bond motifs is 1. The molecule has 0 saturated carbocycles. The van der Waals surface area contributed by atoms with Crippen LogP contribution < -0.4 is 4.74 Å². The summed E-state index contributed by atoms with van der Waals surface area (Å²) in [7, 11) is 1.72. The first-order valence-electron chi connectivity index (χ1n) is 5.87. The first-order chi connectivity index (χ1) is 7.60. The molecule has 1 aliphatic carbocycles. The lowest BCUT2D eigenvalue weighted by molar-refractivity contribution is 0.130. The SMILES string of the molecule is COc1cccc2c1CCC2C(C)(C)CO. The van der Waals surface area contributed by atoms with Crippen molar-refractivity contribution in [1.82, 2.24) is 0 Å². The predicted octanol–water partition coefficient (Wildman–Crippen LogP) is 2.74. The summed E-state index contributed by atoms with van der Waals surface area (Å²) in [5.41, 5.74) is 2.65. The van der Waals surface area contributed by atoms with Crippen LogP contribution in [0.5, 0.6) is 5.75 Å². The van der Waals surface area contributed by atoms with Crippen molar-refractivity contribution in [3.63, 3.8) is 0 Å². The van der Waals surface area contributed by atoms with Crippen LogP contribution in [0.25, 0.3) is 0 Å². The molecule has 1 N–H and O–H groups in total. The Morgan fingerprint density at radius 1 is 1.44 bits per heavy atom. The Morgan fingerprint density at radius 3 is 2.81 bits per heavy atom. The van der Waals surface area contributed by atoms with Gasteiger partial charge in [0.05, 0.1) is 7.11 Å². The molecule has 1 aliphatic rings. The van der Waals surface area contributed by atoms with Gasteiger partial charge in [0.1, 0.15) is 5.75 Å². The van der Waals surface area contributed by atoms with Gasteiger partial charge in [-0.2, -0.15) is 0 Å². The van der Waals surface area contributed by atoms with Gasteiger partial charge in [-0.05, 0) is 41.4 Å². The normalized spacial score (nSPS) is 19.6. The molecule has 0 fully saturated rings. The van der Waals surface area contributed by atoms with Crippen molar-refractivity contribution in [3.8, 4) is 5.75 Å². The Kier molecular flexibility index (Phi) is 2.94. The van der Waals surface area contributed by atoms with Gasteiger partial charge in [0.25, 0.3) is 0 Å². The highest BCUT2D eigenvalue weighted by Crippen LogP contribution is 2.47. The maximum atomic E-state index is 9.48. The third kappa shape index (κ3) is 1.71. The summed E-state index contributed by atoms with van der Waals surface area (Å²) < 4.78 is 5.39. The molecule has 0 heterocycles. The third-order valence-electron chi connectivity index (χ3n) is 3.80. The van der Waals surface area contributed by atoms with Crippen molar-refractivity contribution in [3.05, 3.63) is 29.3 Å². The molecule has 2 heteroatoms. The molecule has 0 radical (unpaired) electrons. The standard InChI is InChI=1S/C14H20O2/c1-14(2,9-15)12-8-7-11-10(12)5-4-6-13(11)16-3/h4-6,12,15H,7-9H2,1-3H3. The molecule has 16 heavy (non-hydrogen) atoms. The van der Waals surface area contributed by atoms with E-state index in [0.717, 1.165) is 18.6 Å². The van der Waals surface area contributed by atoms with Gasteiger partial charge in [-0.1, -0.05) is 26.0 Å². The van der Waals surface area contributed by atoms with Crippen LogP contribution in [0.3, 0.4) is 0 Å². The van der Waals surface area contributed by atoms with Gasteiger partial charge in [-0.25, -0.2) is 0 Å². The third-order valence-corrected chi connectivity index (χ3v) is 3.80. The minimum Gasteiger partial charge on any atom is -0.496 e. The van der Waals surface area contributed by atoms with Crippen LogP contribution in [0, 0.1) is 5.41 Å². The molecular weight excluding hydrogens is 200 g/mol. The molecule has 0 saturated heterocycles. The fourth-order valence-corrected chi connectivity index (χ4v) is 2.73. The van der Waals surface area contributed by atoms with Gasteiger partial charge in [0, 0.05) is 6.61 Å². The summed E-state index contributed by atoms with van der Waals surface area (Å²) in [5.74, 6) is 1.44. The van der Waals surface area contributed by atoms with Crippen LogP contribution in [0.15, 0.2) is 18.2 Å². The Hall–Kier alpha value is -1.02. The zero-order chi connectivity index (χ0) is 11.8. The highest BCUT2D eigenvalue weighted by molar-refractivity contribution is 5.46. The van der Waals surface area contributed by atoms with Crippen molar-refractivity contribution < 1.29 is 9.84 Å². The molecule has 0 spiro atoms. The van der Waals surface area contributed by atoms with E-state index in [4.69, 9.17) is 4.74 Å². The van der Waals surface area contributed by atoms with E-state index in [-0.39, 0.29) is 12.0 Å². The zero-order valence-corrected chi connectivity index (χ0v) is 10.3. The highest BCUT2D eigenvalue weighted by Gasteiger charge is 2.36. The van der Waals surface area contributed by atoms with Crippen LogP contribution in [-0.2, 0) is 6.42 Å². The molecule has 88 valence electrons. The highest BCUT2D eigenvalue weighted by atomic mass is 16.5. The summed E-state index contributed by atoms with van der Waals surface area (Å²) in [5, 5.41) is 9.48. The quantitative estimate of drug-likeness (QED) is 0.848. The summed E-state index contributed by atoms with van der Waals surface area (Å²) in [6.45, 7) is 4.49. The van der Waals surface area contributed by atoms with Gasteiger partial charge in [-0.15, -0.1) is 0 Å². The van der Waals surface area contributed by atoms with Gasteiger partial charge in [-0.3, -0.25) is 0 Å². The topological polar surface area (TPSA) is 29.5 Å². The number of ether oxygens (including phenoxy) is 1. The summed E-state index contributed by atoms with van der Waals surface area (Å²) >= 11 is 0. The average Bonchev–Trinajstić information content (AvgIpc) is 2.73. The summed E-state index contributed by atoms with van der Waals surface area (Å²) in [4.78, 5) is 0. The average molecular weight is 220 g/mol. The van der Waals surface area contributed by atoms with E-state index >= 15 is 0 Å². The van der Waals surface area contributed by atoms with E-state index in [9.17, 15) is 5.11 Å². The van der Waals surface area contributed by atoms with Gasteiger partial charge in [0.2, 0.25) is 0 Å². The van der Waals surface area contributed by atoms with Crippen LogP contribution in [0.2, 0.25) is 0 Å². The van der Waals surface area contributed by atoms with E-state index in [0.29, 0.717) is 5.92 Å². The van der Waals surface area contributed by atoms with E-state index < -0.39 is 0 Å². The van der Waals surface area contributed by atoms with Crippen LogP contribution in [-0.4, -0.2) is 18.8 Å². The Bertz CT molecular complexity index is 382. The Morgan fingerprint density at radius 2 is 2.19 bits per heavy atom. The largest absolute Gasteiger partial charge is 0.496 e. The first-order valence-corrected chi connectivity index (χ1v) is 5.87. The van der Waals surface area contributed by atoms with E-state index in [1.165, 1.54) is 11.1 Å². The van der Waals surface area contributed by atoms with Gasteiger partial charge < -0.3 is 9.84 Å². The van der Waals surface area contributed by atoms with Gasteiger partial charge >= 0.3 is 0 Å². The molecular formula is C14H20O2. The van der Waals surface area contributed by atoms with Crippen LogP contribution in [0.4, 0.5) is 0 Å². The Balaban J connectivity index is 2.41. The van der Waals surface area contributed by atoms with Crippen LogP contribution in [0.1, 0.15) is 37.3 Å². The number of methoxy groups -OCH3 is 1. The van der Waals surface area contributed by atoms with Crippen molar-refractivity contribution in [2.24, 2.45) is 5.41 Å². The van der Waals surface area contributed by atoms with Gasteiger partial charge in [0.15, 0.2) is 0 Å². The van der Waals surface area contributed by atoms with Crippen molar-refractivity contribution >= 4 is 0 Å². The molecule has 1 aromatic rings. The number of aliphatic hydroxyl groups excluding tert-OH is 1. The minimum atomic E-state index is -0.0440. The molecule has 0 aromatic heterocycles. The predicted molar refractivity (Wildman–Crippen MR) is 64.9 cm³/mol. The fourth-order valence-electron chi connectivity index (χ4n) is 2.73. The maximum Gasteiger partial charge on any atom is 0.122 e. The number of rotatable bonds is 3. The smallest absolute Gasteiger partial charge is 0.122 e. The number of hydrogen-bond donors (Lipinski definition) is 1. The Labute approximate surface area is 97.3 Å². The van der Waals surface area contributed by atoms with Crippen molar-refractivity contribution in [2.45, 2.75) is 32.6 Å². The van der Waals surface area contributed by atoms with E-state index in [1.807, 2.05) is 12.1 Å². The second-order valence-corrected chi connectivity index (χ2v) is 5.27. The lowest BCUT2D eigenvalue weighted by atomic mass is 9.76. The van der Waals surface area contributed by atoms with Crippen molar-refractivity contribution in [2.75, 3.05) is 13.7 Å². The summed E-state index contributed by atoms with van der Waals surface area (Å²) in [6, 6.07) is 6.24. The van der Waals surface area contributed by atoms with Crippen LogP contribution >= 0.6 is 0 Å². The molecule has 0 amide bonds. The second-order valence-electron chi connectivity index (χ2n) is 5.27. The lowest BCUT2D eigenvalue weighted by Crippen LogP contribution is -2.24. The van der Waals surface area contributed by atoms with E-state index in [2.05, 4.69) is 19.9 Å². The monoisotopic (exact) mass is 220 g/mol. The molecule has 0 bridgehead atoms. The summed E-state index contributed by atoms with van der Waals surface area (Å²) in [6.07, 6.45) is 2.18. The van der Waals surface area contributed by atoms with Crippen molar-refractivity contribution in [1.29, 1.82) is 0 Å². The van der Waals surface area contributed by atoms with E-state index in [1.54, 1.807) is 7.11 Å². The minimum absolute atomic E-state index is 0.0440. The molecule has 1 unspecified atom stereocenters. The fraction of sp³-hybridized carbons (Fsp3) is 0.571.